The zero-order valence-electron chi connectivity index (χ0n) is 13.0. The molecule has 1 aliphatic rings. The Labute approximate surface area is 122 Å². The van der Waals surface area contributed by atoms with Gasteiger partial charge in [0, 0.05) is 32.2 Å². The Kier molecular flexibility index (Phi) is 5.86. The van der Waals surface area contributed by atoms with Crippen LogP contribution in [0.4, 0.5) is 0 Å². The second kappa shape index (κ2) is 7.65. The zero-order chi connectivity index (χ0) is 14.4. The first-order chi connectivity index (χ1) is 9.70. The van der Waals surface area contributed by atoms with E-state index >= 15 is 0 Å². The van der Waals surface area contributed by atoms with Crippen LogP contribution < -0.4 is 10.1 Å². The molecule has 0 saturated heterocycles. The summed E-state index contributed by atoms with van der Waals surface area (Å²) in [5, 5.41) is 3.56. The maximum atomic E-state index is 5.91. The van der Waals surface area contributed by atoms with Crippen LogP contribution in [0.15, 0.2) is 12.1 Å². The van der Waals surface area contributed by atoms with Crippen LogP contribution in [0.1, 0.15) is 42.9 Å². The second-order valence-corrected chi connectivity index (χ2v) is 5.61. The summed E-state index contributed by atoms with van der Waals surface area (Å²) in [4.78, 5) is 0. The highest BCUT2D eigenvalue weighted by atomic mass is 16.5. The van der Waals surface area contributed by atoms with Crippen molar-refractivity contribution in [2.75, 3.05) is 19.8 Å². The van der Waals surface area contributed by atoms with E-state index in [1.165, 1.54) is 29.5 Å². The topological polar surface area (TPSA) is 30.5 Å². The first-order valence-electron chi connectivity index (χ1n) is 7.74. The van der Waals surface area contributed by atoms with E-state index in [0.29, 0.717) is 0 Å². The fourth-order valence-electron chi connectivity index (χ4n) is 2.40. The van der Waals surface area contributed by atoms with Crippen molar-refractivity contribution < 1.29 is 9.47 Å². The minimum absolute atomic E-state index is 0.724. The van der Waals surface area contributed by atoms with E-state index in [2.05, 4.69) is 31.3 Å². The predicted molar refractivity (Wildman–Crippen MR) is 82.4 cm³/mol. The van der Waals surface area contributed by atoms with Gasteiger partial charge >= 0.3 is 0 Å². The Morgan fingerprint density at radius 2 is 1.85 bits per heavy atom. The fourth-order valence-corrected chi connectivity index (χ4v) is 2.40. The van der Waals surface area contributed by atoms with Gasteiger partial charge in [-0.1, -0.05) is 12.1 Å². The summed E-state index contributed by atoms with van der Waals surface area (Å²) in [5.41, 5.74) is 3.82. The maximum Gasteiger partial charge on any atom is 0.125 e. The molecule has 1 saturated carbocycles. The molecule has 0 heterocycles. The van der Waals surface area contributed by atoms with Crippen LogP contribution in [0.3, 0.4) is 0 Å². The molecule has 0 atom stereocenters. The average molecular weight is 277 g/mol. The number of ether oxygens (including phenoxy) is 2. The average Bonchev–Trinajstić information content (AvgIpc) is 3.23. The van der Waals surface area contributed by atoms with Crippen LogP contribution in [0.25, 0.3) is 0 Å². The molecule has 3 nitrogen and oxygen atoms in total. The van der Waals surface area contributed by atoms with E-state index in [9.17, 15) is 0 Å². The maximum absolute atomic E-state index is 5.91. The van der Waals surface area contributed by atoms with Gasteiger partial charge in [0.25, 0.3) is 0 Å². The Bertz CT molecular complexity index is 404. The lowest BCUT2D eigenvalue weighted by molar-refractivity contribution is 0.130. The monoisotopic (exact) mass is 277 g/mol. The fraction of sp³-hybridized carbons (Fsp3) is 0.647. The van der Waals surface area contributed by atoms with Crippen molar-refractivity contribution in [3.8, 4) is 5.75 Å². The van der Waals surface area contributed by atoms with E-state index in [1.54, 1.807) is 0 Å². The first kappa shape index (κ1) is 15.3. The van der Waals surface area contributed by atoms with Crippen molar-refractivity contribution in [2.45, 2.75) is 52.6 Å². The number of hydrogen-bond acceptors (Lipinski definition) is 3. The minimum atomic E-state index is 0.724. The molecule has 0 unspecified atom stereocenters. The third-order valence-corrected chi connectivity index (χ3v) is 3.58. The highest BCUT2D eigenvalue weighted by molar-refractivity contribution is 5.43. The van der Waals surface area contributed by atoms with E-state index in [1.807, 2.05) is 6.92 Å². The van der Waals surface area contributed by atoms with E-state index in [4.69, 9.17) is 9.47 Å². The highest BCUT2D eigenvalue weighted by Crippen LogP contribution is 2.26. The summed E-state index contributed by atoms with van der Waals surface area (Å²) in [5.74, 6) is 1.04. The van der Waals surface area contributed by atoms with Crippen LogP contribution in [0.2, 0.25) is 0 Å². The summed E-state index contributed by atoms with van der Waals surface area (Å²) >= 11 is 0. The van der Waals surface area contributed by atoms with Gasteiger partial charge in [0.15, 0.2) is 0 Å². The number of nitrogens with one attached hydrogen (secondary N) is 1. The summed E-state index contributed by atoms with van der Waals surface area (Å²) in [6, 6.07) is 5.23. The predicted octanol–water partition coefficient (Wildman–Crippen LogP) is 3.36. The van der Waals surface area contributed by atoms with E-state index in [-0.39, 0.29) is 0 Å². The third-order valence-electron chi connectivity index (χ3n) is 3.58. The number of aryl methyl sites for hydroxylation is 2. The molecule has 112 valence electrons. The lowest BCUT2D eigenvalue weighted by Gasteiger charge is -2.14. The lowest BCUT2D eigenvalue weighted by Crippen LogP contribution is -2.15. The number of hydrogen-bond donors (Lipinski definition) is 1. The molecular weight excluding hydrogens is 250 g/mol. The summed E-state index contributed by atoms with van der Waals surface area (Å²) < 4.78 is 11.2. The van der Waals surface area contributed by atoms with Gasteiger partial charge in [0.1, 0.15) is 5.75 Å². The molecule has 20 heavy (non-hydrogen) atoms. The summed E-state index contributed by atoms with van der Waals surface area (Å²) in [6.07, 6.45) is 3.61. The molecule has 1 N–H and O–H groups in total. The van der Waals surface area contributed by atoms with E-state index in [0.717, 1.165) is 44.6 Å². The molecule has 0 spiro atoms. The number of rotatable bonds is 9. The van der Waals surface area contributed by atoms with Crippen LogP contribution >= 0.6 is 0 Å². The lowest BCUT2D eigenvalue weighted by atomic mass is 10.1. The highest BCUT2D eigenvalue weighted by Gasteiger charge is 2.20. The molecule has 3 heteroatoms. The molecule has 0 amide bonds. The normalized spacial score (nSPS) is 14.6. The van der Waals surface area contributed by atoms with Gasteiger partial charge in [0.05, 0.1) is 6.61 Å². The van der Waals surface area contributed by atoms with Crippen LogP contribution in [-0.2, 0) is 11.3 Å². The van der Waals surface area contributed by atoms with Gasteiger partial charge in [0.2, 0.25) is 0 Å². The molecule has 1 aromatic carbocycles. The van der Waals surface area contributed by atoms with Crippen molar-refractivity contribution in [1.29, 1.82) is 0 Å². The molecule has 2 rings (SSSR count). The molecule has 1 aliphatic carbocycles. The molecule has 0 radical (unpaired) electrons. The van der Waals surface area contributed by atoms with Crippen LogP contribution in [0.5, 0.6) is 5.75 Å². The molecule has 0 aliphatic heterocycles. The van der Waals surface area contributed by atoms with Gasteiger partial charge in [-0.2, -0.15) is 0 Å². The Morgan fingerprint density at radius 1 is 1.15 bits per heavy atom. The van der Waals surface area contributed by atoms with Gasteiger partial charge in [-0.05, 0) is 50.3 Å². The SMILES string of the molecule is CCOCCCOc1c(C)cc(CNC2CC2)cc1C. The summed E-state index contributed by atoms with van der Waals surface area (Å²) in [7, 11) is 0. The van der Waals surface area contributed by atoms with Crippen molar-refractivity contribution >= 4 is 0 Å². The largest absolute Gasteiger partial charge is 0.493 e. The molecular formula is C17H27NO2. The Balaban J connectivity index is 1.84. The minimum Gasteiger partial charge on any atom is -0.493 e. The second-order valence-electron chi connectivity index (χ2n) is 5.61. The Morgan fingerprint density at radius 3 is 2.45 bits per heavy atom. The van der Waals surface area contributed by atoms with E-state index < -0.39 is 0 Å². The third kappa shape index (κ3) is 4.80. The van der Waals surface area contributed by atoms with Crippen molar-refractivity contribution in [1.82, 2.24) is 5.32 Å². The number of benzene rings is 1. The van der Waals surface area contributed by atoms with Crippen molar-refractivity contribution in [3.05, 3.63) is 28.8 Å². The molecule has 1 aromatic rings. The molecule has 1 fully saturated rings. The van der Waals surface area contributed by atoms with Gasteiger partial charge < -0.3 is 14.8 Å². The quantitative estimate of drug-likeness (QED) is 0.702. The molecule has 0 aromatic heterocycles. The summed E-state index contributed by atoms with van der Waals surface area (Å²) in [6.45, 7) is 9.53. The smallest absolute Gasteiger partial charge is 0.125 e. The van der Waals surface area contributed by atoms with Crippen molar-refractivity contribution in [3.63, 3.8) is 0 Å². The zero-order valence-corrected chi connectivity index (χ0v) is 13.0. The van der Waals surface area contributed by atoms with Gasteiger partial charge in [-0.3, -0.25) is 0 Å². The van der Waals surface area contributed by atoms with Crippen LogP contribution in [-0.4, -0.2) is 25.9 Å². The van der Waals surface area contributed by atoms with Crippen molar-refractivity contribution in [2.24, 2.45) is 0 Å². The first-order valence-corrected chi connectivity index (χ1v) is 7.74. The Hall–Kier alpha value is -1.06. The standard InChI is InChI=1S/C17H27NO2/c1-4-19-8-5-9-20-17-13(2)10-15(11-14(17)3)12-18-16-6-7-16/h10-11,16,18H,4-9,12H2,1-3H3. The van der Waals surface area contributed by atoms with Crippen LogP contribution in [0, 0.1) is 13.8 Å². The van der Waals surface area contributed by atoms with Gasteiger partial charge in [-0.25, -0.2) is 0 Å². The molecule has 0 bridgehead atoms. The van der Waals surface area contributed by atoms with Gasteiger partial charge in [-0.15, -0.1) is 0 Å².